The Kier molecular flexibility index (Phi) is 3.63. The molecule has 0 unspecified atom stereocenters. The van der Waals surface area contributed by atoms with Crippen LogP contribution in [0.3, 0.4) is 0 Å². The highest BCUT2D eigenvalue weighted by molar-refractivity contribution is 5.89. The Hall–Kier alpha value is -3.27. The van der Waals surface area contributed by atoms with E-state index in [1.54, 1.807) is 7.11 Å². The summed E-state index contributed by atoms with van der Waals surface area (Å²) < 4.78 is 7.33. The predicted octanol–water partition coefficient (Wildman–Crippen LogP) is 4.53. The molecule has 0 saturated carbocycles. The van der Waals surface area contributed by atoms with Crippen LogP contribution >= 0.6 is 0 Å². The summed E-state index contributed by atoms with van der Waals surface area (Å²) in [5.74, 6) is 0.840. The lowest BCUT2D eigenvalue weighted by Gasteiger charge is -2.07. The molecule has 0 bridgehead atoms. The highest BCUT2D eigenvalue weighted by Gasteiger charge is 2.04. The van der Waals surface area contributed by atoms with Crippen LogP contribution in [0.4, 0.5) is 0 Å². The van der Waals surface area contributed by atoms with Crippen molar-refractivity contribution in [3.8, 4) is 11.4 Å². The average Bonchev–Trinajstić information content (AvgIpc) is 3.27. The van der Waals surface area contributed by atoms with E-state index in [9.17, 15) is 0 Å². The summed E-state index contributed by atoms with van der Waals surface area (Å²) >= 11 is 0. The monoisotopic (exact) mass is 315 g/mol. The number of aromatic nitrogens is 3. The van der Waals surface area contributed by atoms with E-state index >= 15 is 0 Å². The summed E-state index contributed by atoms with van der Waals surface area (Å²) in [6, 6.07) is 18.3. The summed E-state index contributed by atoms with van der Waals surface area (Å²) in [6.07, 6.45) is 8.09. The Balaban J connectivity index is 1.72. The first kappa shape index (κ1) is 14.3. The molecule has 2 heterocycles. The number of ether oxygens (including phenoxy) is 1. The lowest BCUT2D eigenvalue weighted by molar-refractivity contribution is 0.415. The van der Waals surface area contributed by atoms with E-state index in [4.69, 9.17) is 4.74 Å². The molecule has 118 valence electrons. The largest absolute Gasteiger partial charge is 0.495 e. The number of aromatic amines is 1. The first-order chi connectivity index (χ1) is 11.8. The number of para-hydroxylation sites is 2. The molecule has 4 rings (SSSR count). The maximum atomic E-state index is 5.27. The van der Waals surface area contributed by atoms with Crippen molar-refractivity contribution in [1.82, 2.24) is 14.8 Å². The smallest absolute Gasteiger partial charge is 0.136 e. The molecule has 0 aliphatic carbocycles. The van der Waals surface area contributed by atoms with Gasteiger partial charge in [0, 0.05) is 11.6 Å². The fraction of sp³-hybridized carbons (Fsp3) is 0.0500. The first-order valence-electron chi connectivity index (χ1n) is 7.78. The second-order valence-corrected chi connectivity index (χ2v) is 5.51. The zero-order chi connectivity index (χ0) is 16.4. The van der Waals surface area contributed by atoms with Crippen molar-refractivity contribution in [2.75, 3.05) is 7.11 Å². The Morgan fingerprint density at radius 1 is 1.00 bits per heavy atom. The predicted molar refractivity (Wildman–Crippen MR) is 97.3 cm³/mol. The van der Waals surface area contributed by atoms with E-state index in [1.807, 2.05) is 54.9 Å². The average molecular weight is 315 g/mol. The van der Waals surface area contributed by atoms with Crippen molar-refractivity contribution in [1.29, 1.82) is 0 Å². The van der Waals surface area contributed by atoms with Crippen LogP contribution in [0.5, 0.6) is 5.75 Å². The van der Waals surface area contributed by atoms with Crippen molar-refractivity contribution in [2.45, 2.75) is 0 Å². The highest BCUT2D eigenvalue weighted by Crippen LogP contribution is 2.22. The minimum absolute atomic E-state index is 0.840. The third-order valence-corrected chi connectivity index (χ3v) is 4.04. The van der Waals surface area contributed by atoms with E-state index in [-0.39, 0.29) is 0 Å². The number of fused-ring (bicyclic) bond motifs is 1. The van der Waals surface area contributed by atoms with Crippen LogP contribution in [0, 0.1) is 0 Å². The molecular formula is C20H17N3O. The number of H-pyrrole nitrogens is 1. The third-order valence-electron chi connectivity index (χ3n) is 4.04. The van der Waals surface area contributed by atoms with Gasteiger partial charge in [0.25, 0.3) is 0 Å². The molecule has 4 heteroatoms. The van der Waals surface area contributed by atoms with Gasteiger partial charge >= 0.3 is 0 Å². The van der Waals surface area contributed by atoms with Gasteiger partial charge in [0.15, 0.2) is 0 Å². The van der Waals surface area contributed by atoms with Gasteiger partial charge in [0.1, 0.15) is 5.75 Å². The summed E-state index contributed by atoms with van der Waals surface area (Å²) in [4.78, 5) is 0. The number of nitrogens with zero attached hydrogens (tertiary/aromatic N) is 2. The molecule has 1 N–H and O–H groups in total. The molecule has 0 aliphatic rings. The zero-order valence-corrected chi connectivity index (χ0v) is 13.3. The zero-order valence-electron chi connectivity index (χ0n) is 13.3. The molecule has 4 aromatic rings. The Morgan fingerprint density at radius 3 is 2.71 bits per heavy atom. The molecule has 0 spiro atoms. The van der Waals surface area contributed by atoms with E-state index in [2.05, 4.69) is 39.0 Å². The van der Waals surface area contributed by atoms with Crippen molar-refractivity contribution < 1.29 is 4.74 Å². The van der Waals surface area contributed by atoms with Gasteiger partial charge in [-0.25, -0.2) is 0 Å². The minimum atomic E-state index is 0.840. The first-order valence-corrected chi connectivity index (χ1v) is 7.78. The van der Waals surface area contributed by atoms with Crippen molar-refractivity contribution in [3.05, 3.63) is 78.2 Å². The van der Waals surface area contributed by atoms with Gasteiger partial charge in [-0.05, 0) is 29.8 Å². The lowest BCUT2D eigenvalue weighted by Crippen LogP contribution is -1.93. The molecular weight excluding hydrogens is 298 g/mol. The third kappa shape index (κ3) is 2.58. The standard InChI is InChI=1S/C20H17N3O/c1-24-16-12-13-23(14-16)20-9-5-2-6-15(20)10-11-19-17-7-3-4-8-18(17)21-22-19/h2-14H,1H3,(H,21,22). The molecule has 2 aromatic carbocycles. The second-order valence-electron chi connectivity index (χ2n) is 5.51. The topological polar surface area (TPSA) is 42.8 Å². The Labute approximate surface area is 140 Å². The van der Waals surface area contributed by atoms with Crippen molar-refractivity contribution >= 4 is 23.1 Å². The number of nitrogens with one attached hydrogen (secondary N) is 1. The van der Waals surface area contributed by atoms with Gasteiger partial charge in [0.2, 0.25) is 0 Å². The number of rotatable bonds is 4. The van der Waals surface area contributed by atoms with E-state index < -0.39 is 0 Å². The van der Waals surface area contributed by atoms with Gasteiger partial charge in [-0.2, -0.15) is 5.10 Å². The van der Waals surface area contributed by atoms with E-state index in [0.717, 1.165) is 33.6 Å². The van der Waals surface area contributed by atoms with E-state index in [1.165, 1.54) is 0 Å². The van der Waals surface area contributed by atoms with Crippen LogP contribution in [-0.2, 0) is 0 Å². The number of hydrogen-bond acceptors (Lipinski definition) is 2. The van der Waals surface area contributed by atoms with Crippen LogP contribution < -0.4 is 4.74 Å². The quantitative estimate of drug-likeness (QED) is 0.601. The molecule has 0 saturated heterocycles. The van der Waals surface area contributed by atoms with E-state index in [0.29, 0.717) is 0 Å². The van der Waals surface area contributed by atoms with Crippen LogP contribution in [0.1, 0.15) is 11.3 Å². The summed E-state index contributed by atoms with van der Waals surface area (Å²) in [5, 5.41) is 8.57. The molecule has 0 radical (unpaired) electrons. The molecule has 0 amide bonds. The normalized spacial score (nSPS) is 11.4. The van der Waals surface area contributed by atoms with Crippen LogP contribution in [-0.4, -0.2) is 21.9 Å². The van der Waals surface area contributed by atoms with Gasteiger partial charge in [-0.15, -0.1) is 0 Å². The minimum Gasteiger partial charge on any atom is -0.495 e. The van der Waals surface area contributed by atoms with Crippen molar-refractivity contribution in [3.63, 3.8) is 0 Å². The van der Waals surface area contributed by atoms with Crippen LogP contribution in [0.25, 0.3) is 28.7 Å². The van der Waals surface area contributed by atoms with Gasteiger partial charge < -0.3 is 9.30 Å². The lowest BCUT2D eigenvalue weighted by atomic mass is 10.1. The molecule has 0 aliphatic heterocycles. The van der Waals surface area contributed by atoms with Gasteiger partial charge in [-0.3, -0.25) is 5.10 Å². The molecule has 0 fully saturated rings. The summed E-state index contributed by atoms with van der Waals surface area (Å²) in [7, 11) is 1.67. The van der Waals surface area contributed by atoms with Crippen LogP contribution in [0.15, 0.2) is 67.0 Å². The molecule has 0 atom stereocenters. The van der Waals surface area contributed by atoms with Gasteiger partial charge in [-0.1, -0.05) is 42.5 Å². The second kappa shape index (κ2) is 6.08. The SMILES string of the molecule is COc1ccn(-c2ccccc2C=Cc2n[nH]c3ccccc23)c1. The number of hydrogen-bond donors (Lipinski definition) is 1. The fourth-order valence-electron chi connectivity index (χ4n) is 2.79. The molecule has 24 heavy (non-hydrogen) atoms. The molecule has 2 aromatic heterocycles. The summed E-state index contributed by atoms with van der Waals surface area (Å²) in [5.41, 5.74) is 4.19. The maximum absolute atomic E-state index is 5.27. The summed E-state index contributed by atoms with van der Waals surface area (Å²) in [6.45, 7) is 0. The fourth-order valence-corrected chi connectivity index (χ4v) is 2.79. The number of methoxy groups -OCH3 is 1. The highest BCUT2D eigenvalue weighted by atomic mass is 16.5. The van der Waals surface area contributed by atoms with Crippen LogP contribution in [0.2, 0.25) is 0 Å². The maximum Gasteiger partial charge on any atom is 0.136 e. The Morgan fingerprint density at radius 2 is 1.83 bits per heavy atom. The van der Waals surface area contributed by atoms with Gasteiger partial charge in [0.05, 0.1) is 30.2 Å². The number of benzene rings is 2. The molecule has 4 nitrogen and oxygen atoms in total. The Bertz CT molecular complexity index is 1010. The van der Waals surface area contributed by atoms with Crippen molar-refractivity contribution in [2.24, 2.45) is 0 Å².